The standard InChI is InChI=1S/C27H37FN6O2Si/c1-27(2,3)37(5,6)36-19-21-8-7-9-24(25(21)28)22-15-29-26(30-16-22)34-12-10-23(11-13-34)32-35-18-20-14-31-33(4)17-20/h7-9,14-17H,10-13,18-19H2,1-6H3. The lowest BCUT2D eigenvalue weighted by Crippen LogP contribution is -2.40. The second-order valence-electron chi connectivity index (χ2n) is 11.0. The Hall–Kier alpha value is -3.11. The molecular formula is C27H37FN6O2Si. The van der Waals surface area contributed by atoms with Crippen LogP contribution in [0.1, 0.15) is 44.7 Å². The van der Waals surface area contributed by atoms with E-state index in [4.69, 9.17) is 9.26 Å². The molecular weight excluding hydrogens is 487 g/mol. The van der Waals surface area contributed by atoms with Crippen LogP contribution in [0.25, 0.3) is 11.1 Å². The maximum absolute atomic E-state index is 15.4. The number of rotatable bonds is 8. The van der Waals surface area contributed by atoms with Crippen LogP contribution in [-0.2, 0) is 29.5 Å². The van der Waals surface area contributed by atoms with Gasteiger partial charge < -0.3 is 14.2 Å². The van der Waals surface area contributed by atoms with Crippen molar-refractivity contribution >= 4 is 20.0 Å². The molecule has 1 saturated heterocycles. The van der Waals surface area contributed by atoms with Crippen molar-refractivity contribution in [2.75, 3.05) is 18.0 Å². The third-order valence-electron chi connectivity index (χ3n) is 7.23. The van der Waals surface area contributed by atoms with E-state index in [0.717, 1.165) is 37.2 Å². The first kappa shape index (κ1) is 26.9. The molecule has 0 aliphatic carbocycles. The van der Waals surface area contributed by atoms with Crippen LogP contribution in [0, 0.1) is 5.82 Å². The Morgan fingerprint density at radius 1 is 1.05 bits per heavy atom. The van der Waals surface area contributed by atoms with E-state index in [1.807, 2.05) is 19.3 Å². The number of piperidine rings is 1. The maximum atomic E-state index is 15.4. The fourth-order valence-electron chi connectivity index (χ4n) is 3.81. The topological polar surface area (TPSA) is 77.7 Å². The molecule has 8 nitrogen and oxygen atoms in total. The van der Waals surface area contributed by atoms with Gasteiger partial charge in [-0.3, -0.25) is 4.68 Å². The van der Waals surface area contributed by atoms with Crippen molar-refractivity contribution in [3.05, 3.63) is 59.9 Å². The summed E-state index contributed by atoms with van der Waals surface area (Å²) in [5.74, 6) is 0.361. The van der Waals surface area contributed by atoms with E-state index in [1.54, 1.807) is 35.4 Å². The molecule has 0 radical (unpaired) electrons. The summed E-state index contributed by atoms with van der Waals surface area (Å²) in [5, 5.41) is 8.49. The molecule has 0 saturated carbocycles. The first-order chi connectivity index (χ1) is 17.5. The van der Waals surface area contributed by atoms with Crippen molar-refractivity contribution in [1.29, 1.82) is 0 Å². The summed E-state index contributed by atoms with van der Waals surface area (Å²) in [6.07, 6.45) is 8.63. The van der Waals surface area contributed by atoms with E-state index >= 15 is 4.39 Å². The quantitative estimate of drug-likeness (QED) is 0.277. The lowest BCUT2D eigenvalue weighted by molar-refractivity contribution is 0.129. The number of aromatic nitrogens is 4. The number of aryl methyl sites for hydroxylation is 1. The van der Waals surface area contributed by atoms with E-state index < -0.39 is 8.32 Å². The van der Waals surface area contributed by atoms with Crippen LogP contribution >= 0.6 is 0 Å². The minimum absolute atomic E-state index is 0.0682. The summed E-state index contributed by atoms with van der Waals surface area (Å²) < 4.78 is 23.4. The molecule has 1 aliphatic rings. The Labute approximate surface area is 219 Å². The fourth-order valence-corrected chi connectivity index (χ4v) is 4.76. The molecule has 4 rings (SSSR count). The highest BCUT2D eigenvalue weighted by Gasteiger charge is 2.37. The van der Waals surface area contributed by atoms with Crippen LogP contribution in [0.2, 0.25) is 18.1 Å². The molecule has 0 N–H and O–H groups in total. The van der Waals surface area contributed by atoms with Gasteiger partial charge in [-0.15, -0.1) is 0 Å². The third kappa shape index (κ3) is 6.61. The number of benzene rings is 1. The normalized spacial score (nSPS) is 14.7. The molecule has 1 aliphatic heterocycles. The zero-order valence-corrected chi connectivity index (χ0v) is 23.7. The lowest BCUT2D eigenvalue weighted by Gasteiger charge is -2.36. The molecule has 10 heteroatoms. The predicted octanol–water partition coefficient (Wildman–Crippen LogP) is 5.71. The van der Waals surface area contributed by atoms with E-state index in [2.05, 4.69) is 59.0 Å². The number of hydrogen-bond acceptors (Lipinski definition) is 7. The summed E-state index contributed by atoms with van der Waals surface area (Å²) in [6.45, 7) is 13.1. The first-order valence-corrected chi connectivity index (χ1v) is 15.6. The molecule has 0 amide bonds. The zero-order chi connectivity index (χ0) is 26.6. The van der Waals surface area contributed by atoms with Gasteiger partial charge in [-0.2, -0.15) is 5.10 Å². The maximum Gasteiger partial charge on any atom is 0.225 e. The van der Waals surface area contributed by atoms with Gasteiger partial charge >= 0.3 is 0 Å². The minimum Gasteiger partial charge on any atom is -0.412 e. The molecule has 2 aromatic heterocycles. The van der Waals surface area contributed by atoms with Gasteiger partial charge in [-0.05, 0) is 18.1 Å². The Kier molecular flexibility index (Phi) is 8.08. The highest BCUT2D eigenvalue weighted by Crippen LogP contribution is 2.37. The Bertz CT molecular complexity index is 1230. The molecule has 37 heavy (non-hydrogen) atoms. The van der Waals surface area contributed by atoms with Crippen LogP contribution < -0.4 is 4.90 Å². The Morgan fingerprint density at radius 2 is 1.76 bits per heavy atom. The van der Waals surface area contributed by atoms with Crippen LogP contribution in [0.4, 0.5) is 10.3 Å². The molecule has 3 heterocycles. The van der Waals surface area contributed by atoms with Crippen molar-refractivity contribution in [3.8, 4) is 11.1 Å². The average molecular weight is 525 g/mol. The summed E-state index contributed by atoms with van der Waals surface area (Å²) in [6, 6.07) is 5.41. The fraction of sp³-hybridized carbons (Fsp3) is 0.481. The molecule has 198 valence electrons. The first-order valence-electron chi connectivity index (χ1n) is 12.7. The van der Waals surface area contributed by atoms with Gasteiger partial charge in [0.2, 0.25) is 5.95 Å². The third-order valence-corrected chi connectivity index (χ3v) is 11.7. The minimum atomic E-state index is -1.98. The lowest BCUT2D eigenvalue weighted by atomic mass is 10.1. The van der Waals surface area contributed by atoms with Crippen LogP contribution in [0.15, 0.2) is 48.1 Å². The van der Waals surface area contributed by atoms with Crippen molar-refractivity contribution in [2.45, 2.75) is 65.0 Å². The number of oxime groups is 1. The second-order valence-corrected chi connectivity index (χ2v) is 15.8. The SMILES string of the molecule is Cn1cc(CON=C2CCN(c3ncc(-c4cccc(CO[Si](C)(C)C(C)(C)C)c4F)cn3)CC2)cn1. The van der Waals surface area contributed by atoms with Gasteiger partial charge in [0.05, 0.1) is 18.5 Å². The number of hydrogen-bond donors (Lipinski definition) is 0. The van der Waals surface area contributed by atoms with Gasteiger partial charge in [0.1, 0.15) is 12.4 Å². The molecule has 0 bridgehead atoms. The van der Waals surface area contributed by atoms with Crippen LogP contribution in [0.3, 0.4) is 0 Å². The Morgan fingerprint density at radius 3 is 2.38 bits per heavy atom. The largest absolute Gasteiger partial charge is 0.412 e. The number of nitrogens with zero attached hydrogens (tertiary/aromatic N) is 6. The number of halogens is 1. The summed E-state index contributed by atoms with van der Waals surface area (Å²) in [4.78, 5) is 16.7. The van der Waals surface area contributed by atoms with Gasteiger partial charge in [-0.1, -0.05) is 44.1 Å². The van der Waals surface area contributed by atoms with E-state index in [0.29, 0.717) is 29.2 Å². The van der Waals surface area contributed by atoms with Crippen molar-refractivity contribution < 1.29 is 13.7 Å². The molecule has 1 aromatic carbocycles. The summed E-state index contributed by atoms with van der Waals surface area (Å²) in [5.41, 5.74) is 3.71. The highest BCUT2D eigenvalue weighted by atomic mass is 28.4. The highest BCUT2D eigenvalue weighted by molar-refractivity contribution is 6.74. The van der Waals surface area contributed by atoms with Crippen LogP contribution in [0.5, 0.6) is 0 Å². The zero-order valence-electron chi connectivity index (χ0n) is 22.7. The summed E-state index contributed by atoms with van der Waals surface area (Å²) >= 11 is 0. The predicted molar refractivity (Wildman–Crippen MR) is 146 cm³/mol. The van der Waals surface area contributed by atoms with Crippen LogP contribution in [-0.4, -0.2) is 46.9 Å². The van der Waals surface area contributed by atoms with Crippen molar-refractivity contribution in [3.63, 3.8) is 0 Å². The molecule has 0 unspecified atom stereocenters. The molecule has 0 atom stereocenters. The molecule has 1 fully saturated rings. The molecule has 0 spiro atoms. The van der Waals surface area contributed by atoms with Gasteiger partial charge in [-0.25, -0.2) is 14.4 Å². The van der Waals surface area contributed by atoms with E-state index in [1.165, 1.54) is 0 Å². The molecule has 3 aromatic rings. The van der Waals surface area contributed by atoms with Crippen molar-refractivity contribution in [2.24, 2.45) is 12.2 Å². The average Bonchev–Trinajstić information content (AvgIpc) is 3.28. The van der Waals surface area contributed by atoms with Crippen molar-refractivity contribution in [1.82, 2.24) is 19.7 Å². The monoisotopic (exact) mass is 524 g/mol. The van der Waals surface area contributed by atoms with Gasteiger partial charge in [0.15, 0.2) is 8.32 Å². The second kappa shape index (κ2) is 11.1. The van der Waals surface area contributed by atoms with Gasteiger partial charge in [0.25, 0.3) is 0 Å². The smallest absolute Gasteiger partial charge is 0.225 e. The number of anilines is 1. The van der Waals surface area contributed by atoms with E-state index in [-0.39, 0.29) is 17.5 Å². The Balaban J connectivity index is 1.35. The summed E-state index contributed by atoms with van der Waals surface area (Å²) in [7, 11) is -0.104. The van der Waals surface area contributed by atoms with E-state index in [9.17, 15) is 0 Å². The van der Waals surface area contributed by atoms with Gasteiger partial charge in [0, 0.05) is 73.8 Å².